The molecule has 2 aromatic rings. The maximum absolute atomic E-state index is 11.5. The highest BCUT2D eigenvalue weighted by Gasteiger charge is 2.28. The van der Waals surface area contributed by atoms with Crippen LogP contribution in [-0.2, 0) is 4.79 Å². The minimum Gasteiger partial charge on any atom is -0.481 e. The summed E-state index contributed by atoms with van der Waals surface area (Å²) in [4.78, 5) is 25.1. The molecule has 1 unspecified atom stereocenters. The average molecular weight is 354 g/mol. The van der Waals surface area contributed by atoms with Gasteiger partial charge in [0.2, 0.25) is 0 Å². The van der Waals surface area contributed by atoms with E-state index in [0.29, 0.717) is 12.5 Å². The molecular formula is C20H26N4O2. The van der Waals surface area contributed by atoms with E-state index in [-0.39, 0.29) is 5.92 Å². The number of piperidine rings is 2. The van der Waals surface area contributed by atoms with Gasteiger partial charge in [-0.2, -0.15) is 0 Å². The summed E-state index contributed by atoms with van der Waals surface area (Å²) in [7, 11) is 0. The third kappa shape index (κ3) is 3.20. The maximum atomic E-state index is 11.5. The SMILES string of the molecule is C[C@H]1CCCN(c2cccc3ncnc(N4CCCC(C(=O)O)C4)c23)C1. The van der Waals surface area contributed by atoms with Crippen LogP contribution in [0.25, 0.3) is 10.9 Å². The molecule has 1 aromatic carbocycles. The number of carboxylic acid groups (broad SMARTS) is 1. The van der Waals surface area contributed by atoms with Crippen LogP contribution in [-0.4, -0.2) is 47.2 Å². The first-order valence-corrected chi connectivity index (χ1v) is 9.60. The molecule has 2 fully saturated rings. The minimum atomic E-state index is -0.710. The van der Waals surface area contributed by atoms with Crippen LogP contribution >= 0.6 is 0 Å². The topological polar surface area (TPSA) is 69.6 Å². The van der Waals surface area contributed by atoms with Crippen molar-refractivity contribution in [2.75, 3.05) is 36.0 Å². The van der Waals surface area contributed by atoms with Crippen molar-refractivity contribution in [3.05, 3.63) is 24.5 Å². The van der Waals surface area contributed by atoms with Crippen LogP contribution in [0.4, 0.5) is 11.5 Å². The molecule has 26 heavy (non-hydrogen) atoms. The summed E-state index contributed by atoms with van der Waals surface area (Å²) in [6.07, 6.45) is 5.70. The highest BCUT2D eigenvalue weighted by molar-refractivity contribution is 6.00. The predicted molar refractivity (Wildman–Crippen MR) is 103 cm³/mol. The molecule has 1 aromatic heterocycles. The molecule has 0 aliphatic carbocycles. The zero-order chi connectivity index (χ0) is 18.1. The van der Waals surface area contributed by atoms with Gasteiger partial charge in [-0.25, -0.2) is 9.97 Å². The van der Waals surface area contributed by atoms with Gasteiger partial charge in [-0.3, -0.25) is 4.79 Å². The molecule has 2 saturated heterocycles. The summed E-state index contributed by atoms with van der Waals surface area (Å²) >= 11 is 0. The Balaban J connectivity index is 1.76. The molecule has 0 amide bonds. The summed E-state index contributed by atoms with van der Waals surface area (Å²) in [5.74, 6) is 0.530. The second-order valence-corrected chi connectivity index (χ2v) is 7.69. The van der Waals surface area contributed by atoms with E-state index in [0.717, 1.165) is 49.2 Å². The fraction of sp³-hybridized carbons (Fsp3) is 0.550. The number of carboxylic acids is 1. The highest BCUT2D eigenvalue weighted by atomic mass is 16.4. The van der Waals surface area contributed by atoms with Gasteiger partial charge in [-0.1, -0.05) is 13.0 Å². The Bertz CT molecular complexity index is 804. The maximum Gasteiger partial charge on any atom is 0.308 e. The Kier molecular flexibility index (Phi) is 4.66. The van der Waals surface area contributed by atoms with Crippen molar-refractivity contribution in [3.8, 4) is 0 Å². The number of anilines is 2. The fourth-order valence-corrected chi connectivity index (χ4v) is 4.36. The third-order valence-electron chi connectivity index (χ3n) is 5.69. The van der Waals surface area contributed by atoms with Gasteiger partial charge >= 0.3 is 5.97 Å². The Morgan fingerprint density at radius 2 is 1.92 bits per heavy atom. The highest BCUT2D eigenvalue weighted by Crippen LogP contribution is 2.36. The molecule has 6 heteroatoms. The van der Waals surface area contributed by atoms with Crippen molar-refractivity contribution in [1.82, 2.24) is 9.97 Å². The number of fused-ring (bicyclic) bond motifs is 1. The molecule has 2 atom stereocenters. The second kappa shape index (κ2) is 7.09. The Labute approximate surface area is 153 Å². The first-order chi connectivity index (χ1) is 12.6. The molecule has 0 bridgehead atoms. The van der Waals surface area contributed by atoms with Crippen LogP contribution in [0, 0.1) is 11.8 Å². The molecule has 1 N–H and O–H groups in total. The Hall–Kier alpha value is -2.37. The van der Waals surface area contributed by atoms with E-state index in [9.17, 15) is 9.90 Å². The van der Waals surface area contributed by atoms with Crippen molar-refractivity contribution < 1.29 is 9.90 Å². The van der Waals surface area contributed by atoms with Crippen LogP contribution in [0.15, 0.2) is 24.5 Å². The number of aliphatic carboxylic acids is 1. The molecule has 6 nitrogen and oxygen atoms in total. The standard InChI is InChI=1S/C20H26N4O2/c1-14-5-3-9-23(11-14)17-8-2-7-16-18(17)19(22-13-21-16)24-10-4-6-15(12-24)20(25)26/h2,7-8,13-15H,3-6,9-12H2,1H3,(H,25,26)/t14-,15?/m0/s1. The zero-order valence-corrected chi connectivity index (χ0v) is 15.3. The lowest BCUT2D eigenvalue weighted by Crippen LogP contribution is -2.39. The van der Waals surface area contributed by atoms with Crippen LogP contribution < -0.4 is 9.80 Å². The lowest BCUT2D eigenvalue weighted by atomic mass is 9.97. The zero-order valence-electron chi connectivity index (χ0n) is 15.3. The second-order valence-electron chi connectivity index (χ2n) is 7.69. The van der Waals surface area contributed by atoms with Gasteiger partial charge in [0.25, 0.3) is 0 Å². The van der Waals surface area contributed by atoms with Gasteiger partial charge in [0.15, 0.2) is 0 Å². The van der Waals surface area contributed by atoms with E-state index in [1.54, 1.807) is 6.33 Å². The van der Waals surface area contributed by atoms with Gasteiger partial charge in [0.1, 0.15) is 12.1 Å². The molecule has 3 heterocycles. The number of carbonyl (C=O) groups is 1. The van der Waals surface area contributed by atoms with E-state index < -0.39 is 5.97 Å². The Morgan fingerprint density at radius 1 is 1.12 bits per heavy atom. The lowest BCUT2D eigenvalue weighted by molar-refractivity contribution is -0.141. The quantitative estimate of drug-likeness (QED) is 0.913. The number of nitrogens with zero attached hydrogens (tertiary/aromatic N) is 4. The molecular weight excluding hydrogens is 328 g/mol. The predicted octanol–water partition coefficient (Wildman–Crippen LogP) is 3.17. The van der Waals surface area contributed by atoms with Gasteiger partial charge in [0.05, 0.1) is 16.8 Å². The number of hydrogen-bond donors (Lipinski definition) is 1. The Morgan fingerprint density at radius 3 is 2.73 bits per heavy atom. The lowest BCUT2D eigenvalue weighted by Gasteiger charge is -2.36. The van der Waals surface area contributed by atoms with E-state index in [4.69, 9.17) is 0 Å². The van der Waals surface area contributed by atoms with Crippen molar-refractivity contribution in [1.29, 1.82) is 0 Å². The number of hydrogen-bond acceptors (Lipinski definition) is 5. The third-order valence-corrected chi connectivity index (χ3v) is 5.69. The van der Waals surface area contributed by atoms with Crippen LogP contribution in [0.2, 0.25) is 0 Å². The molecule has 0 radical (unpaired) electrons. The summed E-state index contributed by atoms with van der Waals surface area (Å²) in [5, 5.41) is 10.5. The van der Waals surface area contributed by atoms with Crippen LogP contribution in [0.3, 0.4) is 0 Å². The van der Waals surface area contributed by atoms with Gasteiger partial charge in [0, 0.05) is 31.9 Å². The first kappa shape index (κ1) is 17.1. The largest absolute Gasteiger partial charge is 0.481 e. The normalized spacial score (nSPS) is 24.0. The smallest absolute Gasteiger partial charge is 0.308 e. The number of rotatable bonds is 3. The summed E-state index contributed by atoms with van der Waals surface area (Å²) in [6.45, 7) is 5.77. The molecule has 138 valence electrons. The van der Waals surface area contributed by atoms with Gasteiger partial charge in [-0.05, 0) is 43.7 Å². The summed E-state index contributed by atoms with van der Waals surface area (Å²) < 4.78 is 0. The molecule has 2 aliphatic heterocycles. The monoisotopic (exact) mass is 354 g/mol. The number of aromatic nitrogens is 2. The van der Waals surface area contributed by atoms with Gasteiger partial charge < -0.3 is 14.9 Å². The fourth-order valence-electron chi connectivity index (χ4n) is 4.36. The van der Waals surface area contributed by atoms with Crippen molar-refractivity contribution in [2.45, 2.75) is 32.6 Å². The van der Waals surface area contributed by atoms with E-state index in [1.807, 2.05) is 6.07 Å². The minimum absolute atomic E-state index is 0.323. The van der Waals surface area contributed by atoms with Crippen molar-refractivity contribution in [2.24, 2.45) is 11.8 Å². The molecule has 4 rings (SSSR count). The van der Waals surface area contributed by atoms with Crippen LogP contribution in [0.1, 0.15) is 32.6 Å². The average Bonchev–Trinajstić information content (AvgIpc) is 2.67. The van der Waals surface area contributed by atoms with Gasteiger partial charge in [-0.15, -0.1) is 0 Å². The molecule has 2 aliphatic rings. The summed E-state index contributed by atoms with van der Waals surface area (Å²) in [6, 6.07) is 6.24. The summed E-state index contributed by atoms with van der Waals surface area (Å²) in [5.41, 5.74) is 2.12. The first-order valence-electron chi connectivity index (χ1n) is 9.60. The van der Waals surface area contributed by atoms with E-state index >= 15 is 0 Å². The van der Waals surface area contributed by atoms with Crippen molar-refractivity contribution >= 4 is 28.4 Å². The van der Waals surface area contributed by atoms with Crippen LogP contribution in [0.5, 0.6) is 0 Å². The van der Waals surface area contributed by atoms with E-state index in [1.165, 1.54) is 18.5 Å². The van der Waals surface area contributed by atoms with Crippen molar-refractivity contribution in [3.63, 3.8) is 0 Å². The molecule has 0 spiro atoms. The number of benzene rings is 1. The van der Waals surface area contributed by atoms with E-state index in [2.05, 4.69) is 38.8 Å². The molecule has 0 saturated carbocycles.